The van der Waals surface area contributed by atoms with Crippen LogP contribution in [0.5, 0.6) is 0 Å². The van der Waals surface area contributed by atoms with Crippen molar-refractivity contribution in [3.05, 3.63) is 77.6 Å². The number of nitrogens with one attached hydrogen (secondary N) is 1. The molecule has 0 bridgehead atoms. The lowest BCUT2D eigenvalue weighted by molar-refractivity contribution is -0.144. The zero-order chi connectivity index (χ0) is 21.7. The van der Waals surface area contributed by atoms with E-state index in [1.807, 2.05) is 30.3 Å². The van der Waals surface area contributed by atoms with Crippen molar-refractivity contribution in [3.8, 4) is 0 Å². The molecule has 0 fully saturated rings. The average Bonchev–Trinajstić information content (AvgIpc) is 3.15. The van der Waals surface area contributed by atoms with E-state index >= 15 is 0 Å². The molecule has 0 saturated heterocycles. The SMILES string of the molecule is C[C@@H](NC(=O)COC(=O)/C=C/c1cccc(C(F)(F)F)c1)c1cc2ccccc2o1. The number of esters is 1. The lowest BCUT2D eigenvalue weighted by Crippen LogP contribution is -2.30. The average molecular weight is 417 g/mol. The lowest BCUT2D eigenvalue weighted by atomic mass is 10.1. The molecule has 5 nitrogen and oxygen atoms in total. The number of benzene rings is 2. The fourth-order valence-electron chi connectivity index (χ4n) is 2.74. The number of carbonyl (C=O) groups excluding carboxylic acids is 2. The van der Waals surface area contributed by atoms with Crippen molar-refractivity contribution < 1.29 is 31.9 Å². The van der Waals surface area contributed by atoms with Gasteiger partial charge in [-0.15, -0.1) is 0 Å². The Labute approximate surface area is 170 Å². The summed E-state index contributed by atoms with van der Waals surface area (Å²) in [5.74, 6) is -0.831. The molecule has 0 aliphatic rings. The highest BCUT2D eigenvalue weighted by molar-refractivity contribution is 5.89. The smallest absolute Gasteiger partial charge is 0.416 e. The van der Waals surface area contributed by atoms with Crippen molar-refractivity contribution in [2.75, 3.05) is 6.61 Å². The number of fused-ring (bicyclic) bond motifs is 1. The first-order valence-corrected chi connectivity index (χ1v) is 9.02. The number of hydrogen-bond acceptors (Lipinski definition) is 4. The standard InChI is InChI=1S/C22H18F3NO4/c1-14(19-12-16-6-2-3-8-18(16)30-19)26-20(27)13-29-21(28)10-9-15-5-4-7-17(11-15)22(23,24)25/h2-12,14H,13H2,1H3,(H,26,27)/b10-9+/t14-/m1/s1. The van der Waals surface area contributed by atoms with E-state index in [1.54, 1.807) is 6.92 Å². The summed E-state index contributed by atoms with van der Waals surface area (Å²) in [5, 5.41) is 3.55. The number of hydrogen-bond donors (Lipinski definition) is 1. The second-order valence-corrected chi connectivity index (χ2v) is 6.54. The van der Waals surface area contributed by atoms with Crippen molar-refractivity contribution in [2.45, 2.75) is 19.1 Å². The zero-order valence-electron chi connectivity index (χ0n) is 15.9. The molecule has 0 radical (unpaired) electrons. The Balaban J connectivity index is 1.50. The molecule has 0 aliphatic carbocycles. The van der Waals surface area contributed by atoms with Crippen LogP contribution < -0.4 is 5.32 Å². The molecule has 3 aromatic rings. The van der Waals surface area contributed by atoms with Crippen LogP contribution >= 0.6 is 0 Å². The highest BCUT2D eigenvalue weighted by Gasteiger charge is 2.30. The first kappa shape index (κ1) is 21.2. The van der Waals surface area contributed by atoms with Crippen molar-refractivity contribution in [1.82, 2.24) is 5.32 Å². The van der Waals surface area contributed by atoms with Crippen LogP contribution in [0.2, 0.25) is 0 Å². The highest BCUT2D eigenvalue weighted by atomic mass is 19.4. The monoisotopic (exact) mass is 417 g/mol. The van der Waals surface area contributed by atoms with Gasteiger partial charge in [0, 0.05) is 11.5 Å². The summed E-state index contributed by atoms with van der Waals surface area (Å²) in [5.41, 5.74) is 0.0569. The summed E-state index contributed by atoms with van der Waals surface area (Å²) in [6.45, 7) is 1.20. The number of amides is 1. The maximum atomic E-state index is 12.7. The van der Waals surface area contributed by atoms with Gasteiger partial charge >= 0.3 is 12.1 Å². The normalized spacial score (nSPS) is 12.8. The van der Waals surface area contributed by atoms with Gasteiger partial charge in [0.05, 0.1) is 11.6 Å². The molecule has 1 aromatic heterocycles. The Bertz CT molecular complexity index is 1050. The molecule has 3 rings (SSSR count). The predicted octanol–water partition coefficient (Wildman–Crippen LogP) is 4.89. The third-order valence-electron chi connectivity index (χ3n) is 4.22. The van der Waals surface area contributed by atoms with Crippen LogP contribution in [-0.4, -0.2) is 18.5 Å². The third-order valence-corrected chi connectivity index (χ3v) is 4.22. The maximum absolute atomic E-state index is 12.7. The van der Waals surface area contributed by atoms with Gasteiger partial charge in [0.25, 0.3) is 5.91 Å². The van der Waals surface area contributed by atoms with Crippen molar-refractivity contribution in [3.63, 3.8) is 0 Å². The van der Waals surface area contributed by atoms with Crippen LogP contribution in [0.15, 0.2) is 65.1 Å². The molecule has 0 unspecified atom stereocenters. The topological polar surface area (TPSA) is 68.5 Å². The van der Waals surface area contributed by atoms with E-state index in [2.05, 4.69) is 5.32 Å². The number of furan rings is 1. The summed E-state index contributed by atoms with van der Waals surface area (Å²) in [6, 6.07) is 13.3. The van der Waals surface area contributed by atoms with Crippen LogP contribution in [0.3, 0.4) is 0 Å². The van der Waals surface area contributed by atoms with Crippen molar-refractivity contribution in [2.24, 2.45) is 0 Å². The molecule has 1 heterocycles. The van der Waals surface area contributed by atoms with Crippen LogP contribution in [-0.2, 0) is 20.5 Å². The largest absolute Gasteiger partial charge is 0.459 e. The van der Waals surface area contributed by atoms with E-state index < -0.39 is 36.3 Å². The van der Waals surface area contributed by atoms with Gasteiger partial charge in [-0.2, -0.15) is 13.2 Å². The van der Waals surface area contributed by atoms with Gasteiger partial charge in [-0.1, -0.05) is 30.3 Å². The van der Waals surface area contributed by atoms with Gasteiger partial charge in [0.1, 0.15) is 11.3 Å². The van der Waals surface area contributed by atoms with E-state index in [9.17, 15) is 22.8 Å². The number of para-hydroxylation sites is 1. The quantitative estimate of drug-likeness (QED) is 0.458. The summed E-state index contributed by atoms with van der Waals surface area (Å²) < 4.78 is 48.6. The number of alkyl halides is 3. The minimum Gasteiger partial charge on any atom is -0.459 e. The zero-order valence-corrected chi connectivity index (χ0v) is 15.9. The highest BCUT2D eigenvalue weighted by Crippen LogP contribution is 2.29. The lowest BCUT2D eigenvalue weighted by Gasteiger charge is -2.11. The Hall–Kier alpha value is -3.55. The van der Waals surface area contributed by atoms with E-state index in [1.165, 1.54) is 18.2 Å². The summed E-state index contributed by atoms with van der Waals surface area (Å²) >= 11 is 0. The van der Waals surface area contributed by atoms with Gasteiger partial charge < -0.3 is 14.5 Å². The maximum Gasteiger partial charge on any atom is 0.416 e. The molecule has 0 spiro atoms. The van der Waals surface area contributed by atoms with Crippen LogP contribution in [0.25, 0.3) is 17.0 Å². The molecule has 8 heteroatoms. The second kappa shape index (κ2) is 8.86. The van der Waals surface area contributed by atoms with Gasteiger partial charge in [0.15, 0.2) is 6.61 Å². The Morgan fingerprint density at radius 2 is 1.90 bits per heavy atom. The van der Waals surface area contributed by atoms with Gasteiger partial charge in [0.2, 0.25) is 0 Å². The van der Waals surface area contributed by atoms with E-state index in [0.717, 1.165) is 23.6 Å². The van der Waals surface area contributed by atoms with Gasteiger partial charge in [-0.3, -0.25) is 4.79 Å². The fourth-order valence-corrected chi connectivity index (χ4v) is 2.74. The predicted molar refractivity (Wildman–Crippen MR) is 104 cm³/mol. The molecule has 0 aliphatic heterocycles. The van der Waals surface area contributed by atoms with E-state index in [-0.39, 0.29) is 5.56 Å². The minimum atomic E-state index is -4.47. The Morgan fingerprint density at radius 3 is 2.63 bits per heavy atom. The molecule has 1 N–H and O–H groups in total. The number of ether oxygens (including phenoxy) is 1. The molecular formula is C22H18F3NO4. The fraction of sp³-hybridized carbons (Fsp3) is 0.182. The van der Waals surface area contributed by atoms with Gasteiger partial charge in [-0.25, -0.2) is 4.79 Å². The Morgan fingerprint density at radius 1 is 1.13 bits per heavy atom. The molecule has 1 atom stereocenters. The first-order valence-electron chi connectivity index (χ1n) is 9.02. The Kier molecular flexibility index (Phi) is 6.25. The number of halogens is 3. The molecule has 30 heavy (non-hydrogen) atoms. The molecule has 2 aromatic carbocycles. The van der Waals surface area contributed by atoms with Crippen LogP contribution in [0, 0.1) is 0 Å². The van der Waals surface area contributed by atoms with Crippen molar-refractivity contribution in [1.29, 1.82) is 0 Å². The number of carbonyl (C=O) groups is 2. The summed E-state index contributed by atoms with van der Waals surface area (Å²) in [4.78, 5) is 23.7. The van der Waals surface area contributed by atoms with Crippen LogP contribution in [0.1, 0.15) is 29.9 Å². The van der Waals surface area contributed by atoms with E-state index in [0.29, 0.717) is 11.3 Å². The molecule has 156 valence electrons. The van der Waals surface area contributed by atoms with E-state index in [4.69, 9.17) is 9.15 Å². The minimum absolute atomic E-state index is 0.185. The van der Waals surface area contributed by atoms with Crippen LogP contribution in [0.4, 0.5) is 13.2 Å². The number of rotatable bonds is 6. The molecular weight excluding hydrogens is 399 g/mol. The van der Waals surface area contributed by atoms with Crippen molar-refractivity contribution >= 4 is 28.9 Å². The second-order valence-electron chi connectivity index (χ2n) is 6.54. The summed E-state index contributed by atoms with van der Waals surface area (Å²) in [6.07, 6.45) is -2.32. The first-order chi connectivity index (χ1) is 14.2. The summed E-state index contributed by atoms with van der Waals surface area (Å²) in [7, 11) is 0. The van der Waals surface area contributed by atoms with Gasteiger partial charge in [-0.05, 0) is 42.8 Å². The molecule has 0 saturated carbocycles. The third kappa shape index (κ3) is 5.50. The molecule has 1 amide bonds.